The summed E-state index contributed by atoms with van der Waals surface area (Å²) >= 11 is 0. The second kappa shape index (κ2) is 5.81. The second-order valence-corrected chi connectivity index (χ2v) is 4.49. The lowest BCUT2D eigenvalue weighted by Crippen LogP contribution is -2.31. The molecule has 1 saturated heterocycles. The topological polar surface area (TPSA) is 75.2 Å². The van der Waals surface area contributed by atoms with E-state index in [1.807, 2.05) is 19.0 Å². The molecule has 0 saturated carbocycles. The Morgan fingerprint density at radius 2 is 2.00 bits per heavy atom. The molecular weight excluding hydrogens is 232 g/mol. The van der Waals surface area contributed by atoms with Crippen molar-refractivity contribution in [1.29, 1.82) is 0 Å². The predicted octanol–water partition coefficient (Wildman–Crippen LogP) is 0.570. The van der Waals surface area contributed by atoms with E-state index in [1.54, 1.807) is 7.05 Å². The Hall–Kier alpha value is -1.63. The Morgan fingerprint density at radius 3 is 2.61 bits per heavy atom. The molecule has 7 nitrogen and oxygen atoms in total. The van der Waals surface area contributed by atoms with Crippen molar-refractivity contribution in [2.75, 3.05) is 49.9 Å². The number of aromatic nitrogens is 3. The molecule has 1 aromatic rings. The van der Waals surface area contributed by atoms with E-state index in [-0.39, 0.29) is 6.04 Å². The lowest BCUT2D eigenvalue weighted by atomic mass is 10.1. The number of rotatable bonds is 4. The highest BCUT2D eigenvalue weighted by Gasteiger charge is 2.16. The minimum Gasteiger partial charge on any atom is -0.379 e. The number of nitrogens with zero attached hydrogens (tertiary/aromatic N) is 4. The Morgan fingerprint density at radius 1 is 1.22 bits per heavy atom. The van der Waals surface area contributed by atoms with Gasteiger partial charge in [0.15, 0.2) is 0 Å². The standard InChI is InChI=1S/C11H20N6O/c1-12-9-14-10(16-11(15-9)17(2)3)13-8-5-4-6-18-7-8/h8H,4-7H2,1-3H3,(H2,12,13,14,15,16). The zero-order chi connectivity index (χ0) is 13.0. The van der Waals surface area contributed by atoms with Gasteiger partial charge in [0, 0.05) is 27.7 Å². The van der Waals surface area contributed by atoms with Gasteiger partial charge in [-0.3, -0.25) is 0 Å². The van der Waals surface area contributed by atoms with E-state index in [0.717, 1.165) is 19.4 Å². The highest BCUT2D eigenvalue weighted by molar-refractivity contribution is 5.43. The molecule has 1 aromatic heterocycles. The summed E-state index contributed by atoms with van der Waals surface area (Å²) in [4.78, 5) is 14.8. The van der Waals surface area contributed by atoms with Crippen molar-refractivity contribution in [3.63, 3.8) is 0 Å². The monoisotopic (exact) mass is 252 g/mol. The van der Waals surface area contributed by atoms with Crippen molar-refractivity contribution in [2.45, 2.75) is 18.9 Å². The summed E-state index contributed by atoms with van der Waals surface area (Å²) in [5.74, 6) is 1.79. The Kier molecular flexibility index (Phi) is 4.14. The van der Waals surface area contributed by atoms with E-state index in [4.69, 9.17) is 4.74 Å². The van der Waals surface area contributed by atoms with Crippen molar-refractivity contribution >= 4 is 17.8 Å². The van der Waals surface area contributed by atoms with Gasteiger partial charge in [0.1, 0.15) is 0 Å². The fourth-order valence-electron chi connectivity index (χ4n) is 1.78. The van der Waals surface area contributed by atoms with Crippen molar-refractivity contribution in [3.05, 3.63) is 0 Å². The molecule has 2 heterocycles. The third-order valence-corrected chi connectivity index (χ3v) is 2.74. The van der Waals surface area contributed by atoms with E-state index in [0.29, 0.717) is 24.5 Å². The molecule has 18 heavy (non-hydrogen) atoms. The van der Waals surface area contributed by atoms with Crippen LogP contribution in [0.5, 0.6) is 0 Å². The average molecular weight is 252 g/mol. The normalized spacial score (nSPS) is 19.4. The van der Waals surface area contributed by atoms with E-state index >= 15 is 0 Å². The largest absolute Gasteiger partial charge is 0.379 e. The maximum Gasteiger partial charge on any atom is 0.231 e. The molecule has 1 fully saturated rings. The molecule has 0 aromatic carbocycles. The van der Waals surface area contributed by atoms with Crippen LogP contribution in [0.1, 0.15) is 12.8 Å². The lowest BCUT2D eigenvalue weighted by molar-refractivity contribution is 0.0874. The molecule has 0 aliphatic carbocycles. The number of hydrogen-bond donors (Lipinski definition) is 2. The maximum absolute atomic E-state index is 5.43. The summed E-state index contributed by atoms with van der Waals surface area (Å²) in [6, 6.07) is 0.279. The SMILES string of the molecule is CNc1nc(NC2CCCOC2)nc(N(C)C)n1. The van der Waals surface area contributed by atoms with Gasteiger partial charge in [-0.15, -0.1) is 0 Å². The summed E-state index contributed by atoms with van der Waals surface area (Å²) < 4.78 is 5.43. The first-order chi connectivity index (χ1) is 8.69. The Bertz CT molecular complexity index is 391. The van der Waals surface area contributed by atoms with Crippen LogP contribution >= 0.6 is 0 Å². The summed E-state index contributed by atoms with van der Waals surface area (Å²) in [7, 11) is 5.60. The van der Waals surface area contributed by atoms with Crippen LogP contribution in [0.25, 0.3) is 0 Å². The van der Waals surface area contributed by atoms with Crippen molar-refractivity contribution in [3.8, 4) is 0 Å². The third kappa shape index (κ3) is 3.19. The summed E-state index contributed by atoms with van der Waals surface area (Å²) in [5.41, 5.74) is 0. The minimum atomic E-state index is 0.279. The predicted molar refractivity (Wildman–Crippen MR) is 71.2 cm³/mol. The van der Waals surface area contributed by atoms with Gasteiger partial charge in [-0.25, -0.2) is 0 Å². The van der Waals surface area contributed by atoms with Crippen LogP contribution in [-0.2, 0) is 4.74 Å². The smallest absolute Gasteiger partial charge is 0.231 e. The fourth-order valence-corrected chi connectivity index (χ4v) is 1.78. The Balaban J connectivity index is 2.12. The maximum atomic E-state index is 5.43. The molecule has 0 spiro atoms. The third-order valence-electron chi connectivity index (χ3n) is 2.74. The van der Waals surface area contributed by atoms with Crippen molar-refractivity contribution < 1.29 is 4.74 Å². The van der Waals surface area contributed by atoms with Crippen LogP contribution in [-0.4, -0.2) is 55.4 Å². The number of hydrogen-bond acceptors (Lipinski definition) is 7. The molecule has 0 amide bonds. The highest BCUT2D eigenvalue weighted by atomic mass is 16.5. The van der Waals surface area contributed by atoms with Crippen molar-refractivity contribution in [2.24, 2.45) is 0 Å². The zero-order valence-corrected chi connectivity index (χ0v) is 11.1. The number of anilines is 3. The van der Waals surface area contributed by atoms with Crippen LogP contribution < -0.4 is 15.5 Å². The molecule has 7 heteroatoms. The van der Waals surface area contributed by atoms with Gasteiger partial charge >= 0.3 is 0 Å². The van der Waals surface area contributed by atoms with Gasteiger partial charge in [-0.05, 0) is 12.8 Å². The Labute approximate surface area is 107 Å². The minimum absolute atomic E-state index is 0.279. The molecule has 0 bridgehead atoms. The molecule has 1 aliphatic heterocycles. The van der Waals surface area contributed by atoms with Gasteiger partial charge < -0.3 is 20.3 Å². The zero-order valence-electron chi connectivity index (χ0n) is 11.1. The van der Waals surface area contributed by atoms with Crippen LogP contribution in [0.4, 0.5) is 17.8 Å². The summed E-state index contributed by atoms with van der Waals surface area (Å²) in [5, 5.41) is 6.24. The summed E-state index contributed by atoms with van der Waals surface area (Å²) in [6.45, 7) is 1.55. The summed E-state index contributed by atoms with van der Waals surface area (Å²) in [6.07, 6.45) is 2.15. The second-order valence-electron chi connectivity index (χ2n) is 4.49. The first-order valence-corrected chi connectivity index (χ1v) is 6.14. The average Bonchev–Trinajstić information content (AvgIpc) is 2.39. The first-order valence-electron chi connectivity index (χ1n) is 6.14. The molecule has 100 valence electrons. The number of nitrogens with one attached hydrogen (secondary N) is 2. The number of ether oxygens (including phenoxy) is 1. The van der Waals surface area contributed by atoms with Gasteiger partial charge in [-0.1, -0.05) is 0 Å². The molecule has 1 unspecified atom stereocenters. The first kappa shape index (κ1) is 12.8. The molecule has 1 aliphatic rings. The molecule has 0 radical (unpaired) electrons. The van der Waals surface area contributed by atoms with Crippen LogP contribution in [0.2, 0.25) is 0 Å². The van der Waals surface area contributed by atoms with Gasteiger partial charge in [0.2, 0.25) is 17.8 Å². The van der Waals surface area contributed by atoms with Crippen LogP contribution in [0, 0.1) is 0 Å². The van der Waals surface area contributed by atoms with Crippen molar-refractivity contribution in [1.82, 2.24) is 15.0 Å². The van der Waals surface area contributed by atoms with Gasteiger partial charge in [0.05, 0.1) is 12.6 Å². The van der Waals surface area contributed by atoms with Crippen LogP contribution in [0.15, 0.2) is 0 Å². The van der Waals surface area contributed by atoms with E-state index < -0.39 is 0 Å². The molecule has 2 rings (SSSR count). The molecule has 2 N–H and O–H groups in total. The fraction of sp³-hybridized carbons (Fsp3) is 0.727. The van der Waals surface area contributed by atoms with E-state index in [1.165, 1.54) is 0 Å². The van der Waals surface area contributed by atoms with Gasteiger partial charge in [0.25, 0.3) is 0 Å². The van der Waals surface area contributed by atoms with E-state index in [9.17, 15) is 0 Å². The van der Waals surface area contributed by atoms with E-state index in [2.05, 4.69) is 25.6 Å². The quantitative estimate of drug-likeness (QED) is 0.811. The van der Waals surface area contributed by atoms with Crippen LogP contribution in [0.3, 0.4) is 0 Å². The molecular formula is C11H20N6O. The van der Waals surface area contributed by atoms with Gasteiger partial charge in [-0.2, -0.15) is 15.0 Å². The highest BCUT2D eigenvalue weighted by Crippen LogP contribution is 2.15. The lowest BCUT2D eigenvalue weighted by Gasteiger charge is -2.23. The molecule has 1 atom stereocenters.